The molecule has 0 aromatic carbocycles. The van der Waals surface area contributed by atoms with Crippen molar-refractivity contribution in [3.05, 3.63) is 122 Å². The van der Waals surface area contributed by atoms with Crippen LogP contribution in [0.4, 0.5) is 0 Å². The van der Waals surface area contributed by atoms with Crippen molar-refractivity contribution in [2.24, 2.45) is 5.92 Å². The van der Waals surface area contributed by atoms with Crippen LogP contribution in [0, 0.1) is 5.92 Å². The summed E-state index contributed by atoms with van der Waals surface area (Å²) in [5.74, 6) is -2.90. The van der Waals surface area contributed by atoms with Gasteiger partial charge in [0, 0.05) is 13.2 Å². The fraction of sp³-hybridized carbons (Fsp3) is 0.614. The first kappa shape index (κ1) is 61.4. The topological polar surface area (TPSA) is 102 Å². The Morgan fingerprint density at radius 2 is 0.800 bits per heavy atom. The first-order valence-electron chi connectivity index (χ1n) is 25.0. The molecule has 7 nitrogen and oxygen atoms in total. The first-order chi connectivity index (χ1) is 31.1. The highest BCUT2D eigenvalue weighted by Gasteiger charge is 2.55. The molecular formula is C57H94O7Si. The van der Waals surface area contributed by atoms with Crippen LogP contribution in [0.5, 0.6) is 0 Å². The highest BCUT2D eigenvalue weighted by Crippen LogP contribution is 2.42. The summed E-state index contributed by atoms with van der Waals surface area (Å²) in [5.41, 5.74) is -3.33. The normalized spacial score (nSPS) is 16.4. The highest BCUT2D eigenvalue weighted by atomic mass is 28.4. The predicted octanol–water partition coefficient (Wildman–Crippen LogP) is 16.4. The lowest BCUT2D eigenvalue weighted by atomic mass is 9.76. The van der Waals surface area contributed by atoms with Gasteiger partial charge in [-0.25, -0.2) is 9.59 Å². The quantitative estimate of drug-likeness (QED) is 0.0360. The molecule has 0 aliphatic heterocycles. The number of carboxylic acids is 2. The zero-order valence-corrected chi connectivity index (χ0v) is 43.8. The summed E-state index contributed by atoms with van der Waals surface area (Å²) in [6, 6.07) is 0. The van der Waals surface area contributed by atoms with Gasteiger partial charge in [-0.1, -0.05) is 170 Å². The van der Waals surface area contributed by atoms with E-state index in [0.29, 0.717) is 12.8 Å². The molecule has 4 atom stereocenters. The van der Waals surface area contributed by atoms with E-state index < -0.39 is 43.5 Å². The van der Waals surface area contributed by atoms with Crippen LogP contribution in [0.15, 0.2) is 122 Å². The Kier molecular flexibility index (Phi) is 35.5. The third-order valence-electron chi connectivity index (χ3n) is 12.2. The van der Waals surface area contributed by atoms with Crippen LogP contribution < -0.4 is 0 Å². The van der Waals surface area contributed by atoms with Crippen molar-refractivity contribution >= 4 is 20.3 Å². The van der Waals surface area contributed by atoms with Gasteiger partial charge in [0.25, 0.3) is 0 Å². The molecule has 0 heterocycles. The number of hydrogen-bond donors (Lipinski definition) is 2. The number of carboxylic acid groups (broad SMARTS) is 2. The van der Waals surface area contributed by atoms with E-state index in [9.17, 15) is 19.8 Å². The zero-order valence-electron chi connectivity index (χ0n) is 42.8. The number of allylic oxidation sites excluding steroid dienone is 20. The molecular weight excluding hydrogens is 825 g/mol. The van der Waals surface area contributed by atoms with Crippen molar-refractivity contribution in [2.45, 2.75) is 206 Å². The highest BCUT2D eigenvalue weighted by molar-refractivity contribution is 6.74. The average molecular weight is 919 g/mol. The van der Waals surface area contributed by atoms with Crippen LogP contribution in [0.25, 0.3) is 0 Å². The largest absolute Gasteiger partial charge is 0.479 e. The minimum absolute atomic E-state index is 0.0624. The van der Waals surface area contributed by atoms with Crippen molar-refractivity contribution in [3.63, 3.8) is 0 Å². The molecule has 8 heteroatoms. The third kappa shape index (κ3) is 27.6. The minimum atomic E-state index is -2.43. The summed E-state index contributed by atoms with van der Waals surface area (Å²) in [6.45, 7) is 20.7. The van der Waals surface area contributed by atoms with Crippen LogP contribution in [0.2, 0.25) is 18.1 Å². The third-order valence-corrected chi connectivity index (χ3v) is 16.7. The number of carbonyl (C=O) groups is 2. The number of hydrogen-bond acceptors (Lipinski definition) is 5. The van der Waals surface area contributed by atoms with Gasteiger partial charge in [0.1, 0.15) is 0 Å². The number of ether oxygens (including phenoxy) is 2. The maximum Gasteiger partial charge on any atom is 0.338 e. The second-order valence-corrected chi connectivity index (χ2v) is 23.2. The van der Waals surface area contributed by atoms with Gasteiger partial charge < -0.3 is 24.1 Å². The molecule has 0 aromatic rings. The van der Waals surface area contributed by atoms with Gasteiger partial charge >= 0.3 is 11.9 Å². The molecule has 0 radical (unpaired) electrons. The summed E-state index contributed by atoms with van der Waals surface area (Å²) in [4.78, 5) is 26.5. The standard InChI is InChI=1S/C57H94O7Si/c1-11-14-16-18-20-22-24-26-28-30-32-34-36-38-40-42-44-46-48-62-56(13-3,53(58)59)51(4)50-57(54(60)61,52(5)64-65(9,10)55(6,7)8)63-49-47-45-43-41-39-37-35-33-31-29-27-25-23-21-19-17-15-12-2/h14-17,20-23,26-29,32-35,38-41,51-52H,11-13,18-19,24-25,30-31,36-37,42-50H2,1-10H3,(H,58,59)(H,60,61)/b16-14-,17-15-,22-20-,23-21-,28-26-,29-27-,34-32-,35-33-,40-38-,41-39-. The molecule has 0 rings (SSSR count). The van der Waals surface area contributed by atoms with Crippen LogP contribution in [-0.2, 0) is 23.5 Å². The number of aliphatic carboxylic acids is 2. The second-order valence-electron chi connectivity index (χ2n) is 18.5. The summed E-state index contributed by atoms with van der Waals surface area (Å²) in [6.07, 6.45) is 57.4. The molecule has 0 spiro atoms. The second kappa shape index (κ2) is 37.5. The van der Waals surface area contributed by atoms with E-state index in [1.165, 1.54) is 0 Å². The minimum Gasteiger partial charge on any atom is -0.479 e. The van der Waals surface area contributed by atoms with E-state index in [-0.39, 0.29) is 31.1 Å². The molecule has 2 N–H and O–H groups in total. The molecule has 0 aromatic heterocycles. The zero-order chi connectivity index (χ0) is 48.7. The molecule has 0 bridgehead atoms. The Balaban J connectivity index is 5.38. The van der Waals surface area contributed by atoms with Crippen LogP contribution in [-0.4, -0.2) is 61.0 Å². The summed E-state index contributed by atoms with van der Waals surface area (Å²) in [5, 5.41) is 21.5. The Bertz CT molecular complexity index is 1550. The Hall–Kier alpha value is -3.56. The predicted molar refractivity (Wildman–Crippen MR) is 281 cm³/mol. The maximum atomic E-state index is 13.5. The molecule has 0 amide bonds. The van der Waals surface area contributed by atoms with Gasteiger partial charge in [-0.2, -0.15) is 0 Å². The Morgan fingerprint density at radius 3 is 1.09 bits per heavy atom. The summed E-state index contributed by atoms with van der Waals surface area (Å²) in [7, 11) is -2.43. The van der Waals surface area contributed by atoms with Gasteiger partial charge in [0.15, 0.2) is 19.5 Å². The summed E-state index contributed by atoms with van der Waals surface area (Å²) >= 11 is 0. The van der Waals surface area contributed by atoms with Gasteiger partial charge in [0.05, 0.1) is 6.10 Å². The van der Waals surface area contributed by atoms with Gasteiger partial charge in [-0.15, -0.1) is 0 Å². The molecule has 368 valence electrons. The Labute approximate surface area is 399 Å². The van der Waals surface area contributed by atoms with Crippen molar-refractivity contribution in [1.82, 2.24) is 0 Å². The Morgan fingerprint density at radius 1 is 0.492 bits per heavy atom. The lowest BCUT2D eigenvalue weighted by molar-refractivity contribution is -0.198. The van der Waals surface area contributed by atoms with E-state index in [1.54, 1.807) is 20.8 Å². The van der Waals surface area contributed by atoms with Crippen molar-refractivity contribution in [1.29, 1.82) is 0 Å². The van der Waals surface area contributed by atoms with E-state index in [4.69, 9.17) is 13.9 Å². The molecule has 4 unspecified atom stereocenters. The molecule has 65 heavy (non-hydrogen) atoms. The number of unbranched alkanes of at least 4 members (excludes halogenated alkanes) is 4. The van der Waals surface area contributed by atoms with E-state index in [1.807, 2.05) is 0 Å². The molecule has 0 aliphatic rings. The van der Waals surface area contributed by atoms with Crippen molar-refractivity contribution < 1.29 is 33.7 Å². The number of rotatable bonds is 39. The van der Waals surface area contributed by atoms with E-state index in [0.717, 1.165) is 89.9 Å². The fourth-order valence-corrected chi connectivity index (χ4v) is 8.42. The average Bonchev–Trinajstić information content (AvgIpc) is 3.25. The van der Waals surface area contributed by atoms with Crippen LogP contribution in [0.1, 0.15) is 171 Å². The van der Waals surface area contributed by atoms with E-state index in [2.05, 4.69) is 169 Å². The van der Waals surface area contributed by atoms with Crippen LogP contribution in [0.3, 0.4) is 0 Å². The maximum absolute atomic E-state index is 13.5. The molecule has 0 saturated carbocycles. The lowest BCUT2D eigenvalue weighted by Gasteiger charge is -2.46. The monoisotopic (exact) mass is 919 g/mol. The SMILES string of the molecule is CC/C=C\C/C=C\C/C=C\C/C=C\C/C=C\CCCCOC(CC)(C(=O)O)C(C)CC(OCCCC/C=C\C/C=C\C/C=C\C/C=C\C/C=C\CC)(C(=O)O)C(C)O[Si](C)(C)C(C)(C)C. The smallest absolute Gasteiger partial charge is 0.338 e. The molecule has 0 saturated heterocycles. The fourth-order valence-electron chi connectivity index (χ4n) is 6.99. The van der Waals surface area contributed by atoms with Gasteiger partial charge in [0.2, 0.25) is 0 Å². The van der Waals surface area contributed by atoms with Crippen molar-refractivity contribution in [3.8, 4) is 0 Å². The summed E-state index contributed by atoms with van der Waals surface area (Å²) < 4.78 is 19.5. The first-order valence-corrected chi connectivity index (χ1v) is 27.9. The van der Waals surface area contributed by atoms with Gasteiger partial charge in [-0.3, -0.25) is 0 Å². The molecule has 0 aliphatic carbocycles. The van der Waals surface area contributed by atoms with Crippen LogP contribution >= 0.6 is 0 Å². The lowest BCUT2D eigenvalue weighted by Crippen LogP contribution is -2.59. The van der Waals surface area contributed by atoms with Gasteiger partial charge in [-0.05, 0) is 147 Å². The van der Waals surface area contributed by atoms with E-state index >= 15 is 0 Å². The molecule has 0 fully saturated rings. The van der Waals surface area contributed by atoms with Crippen molar-refractivity contribution in [2.75, 3.05) is 13.2 Å².